The summed E-state index contributed by atoms with van der Waals surface area (Å²) in [6.45, 7) is 1.97. The van der Waals surface area contributed by atoms with Gasteiger partial charge in [-0.05, 0) is 36.6 Å². The van der Waals surface area contributed by atoms with Crippen LogP contribution in [-0.2, 0) is 0 Å². The monoisotopic (exact) mass is 289 g/mol. The molecule has 4 nitrogen and oxygen atoms in total. The highest BCUT2D eigenvalue weighted by molar-refractivity contribution is 7.18. The number of nitrogens with one attached hydrogen (secondary N) is 1. The second kappa shape index (κ2) is 4.64. The first-order valence-electron chi connectivity index (χ1n) is 5.65. The van der Waals surface area contributed by atoms with Crippen molar-refractivity contribution in [1.29, 1.82) is 0 Å². The smallest absolute Gasteiger partial charge is 0.267 e. The highest BCUT2D eigenvalue weighted by Crippen LogP contribution is 2.26. The van der Waals surface area contributed by atoms with E-state index in [2.05, 4.69) is 10.3 Å². The number of rotatable bonds is 2. The zero-order valence-corrected chi connectivity index (χ0v) is 11.8. The lowest BCUT2D eigenvalue weighted by Gasteiger charge is -2.04. The topological polar surface area (TPSA) is 68.0 Å². The number of thiazole rings is 1. The van der Waals surface area contributed by atoms with Crippen molar-refractivity contribution in [2.24, 2.45) is 0 Å². The number of anilines is 2. The Labute approximate surface area is 117 Å². The number of benzene rings is 1. The molecule has 19 heavy (non-hydrogen) atoms. The van der Waals surface area contributed by atoms with Crippen molar-refractivity contribution in [3.8, 4) is 0 Å². The van der Waals surface area contributed by atoms with Crippen LogP contribution in [0.1, 0.15) is 14.7 Å². The molecule has 3 rings (SSSR count). The number of thiophene rings is 1. The fraction of sp³-hybridized carbons (Fsp3) is 0.0769. The minimum absolute atomic E-state index is 0.173. The van der Waals surface area contributed by atoms with Crippen molar-refractivity contribution < 1.29 is 4.79 Å². The van der Waals surface area contributed by atoms with Crippen LogP contribution in [0, 0.1) is 6.92 Å². The van der Waals surface area contributed by atoms with Gasteiger partial charge >= 0.3 is 0 Å². The van der Waals surface area contributed by atoms with Crippen LogP contribution in [0.25, 0.3) is 10.2 Å². The Balaban J connectivity index is 1.89. The Morgan fingerprint density at radius 3 is 2.95 bits per heavy atom. The van der Waals surface area contributed by atoms with Gasteiger partial charge in [-0.25, -0.2) is 4.98 Å². The second-order valence-corrected chi connectivity index (χ2v) is 6.23. The van der Waals surface area contributed by atoms with Gasteiger partial charge in [0.1, 0.15) is 4.88 Å². The summed E-state index contributed by atoms with van der Waals surface area (Å²) < 4.78 is 1.06. The molecule has 0 aliphatic heterocycles. The summed E-state index contributed by atoms with van der Waals surface area (Å²) in [6, 6.07) is 7.42. The summed E-state index contributed by atoms with van der Waals surface area (Å²) in [5.41, 5.74) is 7.95. The van der Waals surface area contributed by atoms with Crippen molar-refractivity contribution in [2.75, 3.05) is 11.1 Å². The molecule has 96 valence electrons. The van der Waals surface area contributed by atoms with Crippen LogP contribution >= 0.6 is 22.7 Å². The van der Waals surface area contributed by atoms with Crippen molar-refractivity contribution in [1.82, 2.24) is 4.98 Å². The summed E-state index contributed by atoms with van der Waals surface area (Å²) >= 11 is 2.95. The van der Waals surface area contributed by atoms with Crippen molar-refractivity contribution in [3.63, 3.8) is 0 Å². The summed E-state index contributed by atoms with van der Waals surface area (Å²) in [5, 5.41) is 5.68. The zero-order chi connectivity index (χ0) is 13.4. The maximum Gasteiger partial charge on any atom is 0.267 e. The number of nitrogen functional groups attached to an aromatic ring is 1. The molecule has 2 aromatic heterocycles. The summed E-state index contributed by atoms with van der Waals surface area (Å²) in [7, 11) is 0. The van der Waals surface area contributed by atoms with Gasteiger partial charge in [0.2, 0.25) is 0 Å². The summed E-state index contributed by atoms with van der Waals surface area (Å²) in [4.78, 5) is 17.0. The zero-order valence-electron chi connectivity index (χ0n) is 10.1. The molecule has 0 saturated carbocycles. The Morgan fingerprint density at radius 1 is 1.37 bits per heavy atom. The van der Waals surface area contributed by atoms with Gasteiger partial charge in [-0.15, -0.1) is 22.7 Å². The quantitative estimate of drug-likeness (QED) is 0.758. The van der Waals surface area contributed by atoms with Gasteiger partial charge in [-0.1, -0.05) is 0 Å². The minimum atomic E-state index is -0.173. The first-order chi connectivity index (χ1) is 9.13. The molecule has 0 atom stereocenters. The van der Waals surface area contributed by atoms with E-state index in [1.165, 1.54) is 11.3 Å². The summed E-state index contributed by atoms with van der Waals surface area (Å²) in [5.74, 6) is -0.173. The van der Waals surface area contributed by atoms with Crippen molar-refractivity contribution >= 4 is 50.2 Å². The maximum absolute atomic E-state index is 12.0. The van der Waals surface area contributed by atoms with E-state index in [1.54, 1.807) is 22.8 Å². The highest BCUT2D eigenvalue weighted by Gasteiger charge is 2.11. The van der Waals surface area contributed by atoms with Crippen LogP contribution in [0.3, 0.4) is 0 Å². The number of nitrogens with zero attached hydrogens (tertiary/aromatic N) is 1. The molecular weight excluding hydrogens is 278 g/mol. The standard InChI is InChI=1S/C13H11N3OS2/c1-7-15-10-3-2-8(6-11(10)19-7)16-13(17)12-9(14)4-5-18-12/h2-6H,14H2,1H3,(H,16,17). The molecule has 0 fully saturated rings. The van der Waals surface area contributed by atoms with E-state index in [9.17, 15) is 4.79 Å². The molecule has 1 amide bonds. The molecule has 0 spiro atoms. The Bertz CT molecular complexity index is 760. The molecule has 0 unspecified atom stereocenters. The molecular formula is C13H11N3OS2. The van der Waals surface area contributed by atoms with E-state index in [0.29, 0.717) is 10.6 Å². The number of carbonyl (C=O) groups is 1. The van der Waals surface area contributed by atoms with E-state index >= 15 is 0 Å². The number of aryl methyl sites for hydroxylation is 1. The number of hydrogen-bond acceptors (Lipinski definition) is 5. The molecule has 3 aromatic rings. The molecule has 0 bridgehead atoms. The molecule has 0 saturated heterocycles. The average molecular weight is 289 g/mol. The molecule has 3 N–H and O–H groups in total. The van der Waals surface area contributed by atoms with Gasteiger partial charge in [0.05, 0.1) is 20.9 Å². The highest BCUT2D eigenvalue weighted by atomic mass is 32.1. The lowest BCUT2D eigenvalue weighted by Crippen LogP contribution is -2.11. The van der Waals surface area contributed by atoms with Crippen LogP contribution in [-0.4, -0.2) is 10.9 Å². The number of amides is 1. The van der Waals surface area contributed by atoms with Crippen LogP contribution < -0.4 is 11.1 Å². The van der Waals surface area contributed by atoms with E-state index in [4.69, 9.17) is 5.73 Å². The van der Waals surface area contributed by atoms with E-state index in [-0.39, 0.29) is 5.91 Å². The van der Waals surface area contributed by atoms with Crippen molar-refractivity contribution in [2.45, 2.75) is 6.92 Å². The SMILES string of the molecule is Cc1nc2ccc(NC(=O)c3sccc3N)cc2s1. The van der Waals surface area contributed by atoms with E-state index in [1.807, 2.05) is 25.1 Å². The second-order valence-electron chi connectivity index (χ2n) is 4.07. The molecule has 0 radical (unpaired) electrons. The normalized spacial score (nSPS) is 10.8. The molecule has 0 aliphatic rings. The number of aromatic nitrogens is 1. The van der Waals surface area contributed by atoms with Crippen molar-refractivity contribution in [3.05, 3.63) is 39.5 Å². The first-order valence-corrected chi connectivity index (χ1v) is 7.34. The fourth-order valence-electron chi connectivity index (χ4n) is 1.81. The number of carbonyl (C=O) groups excluding carboxylic acids is 1. The van der Waals surface area contributed by atoms with Crippen LogP contribution in [0.2, 0.25) is 0 Å². The van der Waals surface area contributed by atoms with E-state index < -0.39 is 0 Å². The summed E-state index contributed by atoms with van der Waals surface area (Å²) in [6.07, 6.45) is 0. The predicted molar refractivity (Wildman–Crippen MR) is 81.0 cm³/mol. The third kappa shape index (κ3) is 2.32. The Kier molecular flexibility index (Phi) is 2.96. The third-order valence-electron chi connectivity index (χ3n) is 2.66. The van der Waals surface area contributed by atoms with Crippen LogP contribution in [0.15, 0.2) is 29.6 Å². The first kappa shape index (κ1) is 12.1. The van der Waals surface area contributed by atoms with Crippen LogP contribution in [0.4, 0.5) is 11.4 Å². The number of fused-ring (bicyclic) bond motifs is 1. The Morgan fingerprint density at radius 2 is 2.21 bits per heavy atom. The van der Waals surface area contributed by atoms with E-state index in [0.717, 1.165) is 20.9 Å². The Hall–Kier alpha value is -1.92. The lowest BCUT2D eigenvalue weighted by atomic mass is 10.3. The van der Waals surface area contributed by atoms with Gasteiger partial charge in [-0.3, -0.25) is 4.79 Å². The number of hydrogen-bond donors (Lipinski definition) is 2. The lowest BCUT2D eigenvalue weighted by molar-refractivity contribution is 0.103. The predicted octanol–water partition coefficient (Wildman–Crippen LogP) is 3.50. The molecule has 1 aromatic carbocycles. The third-order valence-corrected chi connectivity index (χ3v) is 4.52. The maximum atomic E-state index is 12.0. The number of nitrogens with two attached hydrogens (primary N) is 1. The van der Waals surface area contributed by atoms with Crippen LogP contribution in [0.5, 0.6) is 0 Å². The van der Waals surface area contributed by atoms with Gasteiger partial charge in [0, 0.05) is 5.69 Å². The van der Waals surface area contributed by atoms with Gasteiger partial charge < -0.3 is 11.1 Å². The molecule has 6 heteroatoms. The molecule has 0 aliphatic carbocycles. The van der Waals surface area contributed by atoms with Gasteiger partial charge in [-0.2, -0.15) is 0 Å². The van der Waals surface area contributed by atoms with Gasteiger partial charge in [0.15, 0.2) is 0 Å². The average Bonchev–Trinajstić information content (AvgIpc) is 2.93. The minimum Gasteiger partial charge on any atom is -0.397 e. The largest absolute Gasteiger partial charge is 0.397 e. The fourth-order valence-corrected chi connectivity index (χ4v) is 3.39. The molecule has 2 heterocycles. The van der Waals surface area contributed by atoms with Gasteiger partial charge in [0.25, 0.3) is 5.91 Å².